The molecule has 0 aliphatic carbocycles. The summed E-state index contributed by atoms with van der Waals surface area (Å²) in [6.45, 7) is 0. The molecule has 28 heavy (non-hydrogen) atoms. The Morgan fingerprint density at radius 2 is 1.96 bits per heavy atom. The Bertz CT molecular complexity index is 1170. The molecule has 0 amide bonds. The standard InChI is InChI=1S/C17H14N6O2S3/c18-8-11(16-22-14(10-27-16)15-2-1-7-26-15)9-21-12-3-5-13(6-4-12)28(24,25)23-17(19)20/h1-7,9-10,21H,(H4,19,20,23)/b11-9+. The average molecular weight is 431 g/mol. The highest BCUT2D eigenvalue weighted by atomic mass is 32.2. The van der Waals surface area contributed by atoms with Crippen molar-refractivity contribution in [3.8, 4) is 16.6 Å². The monoisotopic (exact) mass is 430 g/mol. The summed E-state index contributed by atoms with van der Waals surface area (Å²) in [6, 6.07) is 11.8. The lowest BCUT2D eigenvalue weighted by Crippen LogP contribution is -2.24. The molecule has 0 saturated carbocycles. The summed E-state index contributed by atoms with van der Waals surface area (Å²) in [5, 5.41) is 16.8. The van der Waals surface area contributed by atoms with E-state index in [4.69, 9.17) is 11.5 Å². The largest absolute Gasteiger partial charge is 0.369 e. The van der Waals surface area contributed by atoms with Crippen LogP contribution in [0.1, 0.15) is 5.01 Å². The van der Waals surface area contributed by atoms with Gasteiger partial charge in [0.15, 0.2) is 0 Å². The minimum Gasteiger partial charge on any atom is -0.369 e. The van der Waals surface area contributed by atoms with Gasteiger partial charge in [0.1, 0.15) is 16.6 Å². The highest BCUT2D eigenvalue weighted by Gasteiger charge is 2.13. The van der Waals surface area contributed by atoms with Crippen molar-refractivity contribution in [2.24, 2.45) is 15.9 Å². The Hall–Kier alpha value is -3.20. The van der Waals surface area contributed by atoms with Crippen LogP contribution in [0.15, 0.2) is 62.7 Å². The average Bonchev–Trinajstić information content (AvgIpc) is 3.33. The van der Waals surface area contributed by atoms with Gasteiger partial charge in [0, 0.05) is 17.3 Å². The van der Waals surface area contributed by atoms with Gasteiger partial charge in [-0.25, -0.2) is 4.98 Å². The van der Waals surface area contributed by atoms with Crippen molar-refractivity contribution in [1.82, 2.24) is 4.98 Å². The second-order valence-electron chi connectivity index (χ2n) is 5.34. The van der Waals surface area contributed by atoms with Gasteiger partial charge in [-0.05, 0) is 35.7 Å². The van der Waals surface area contributed by atoms with Crippen LogP contribution >= 0.6 is 22.7 Å². The molecular weight excluding hydrogens is 416 g/mol. The van der Waals surface area contributed by atoms with Gasteiger partial charge in [0.2, 0.25) is 5.96 Å². The van der Waals surface area contributed by atoms with E-state index in [9.17, 15) is 13.7 Å². The third kappa shape index (κ3) is 4.55. The molecule has 0 fully saturated rings. The number of sulfonamides is 1. The summed E-state index contributed by atoms with van der Waals surface area (Å²) in [4.78, 5) is 5.48. The van der Waals surface area contributed by atoms with E-state index in [2.05, 4.69) is 20.8 Å². The maximum Gasteiger partial charge on any atom is 0.285 e. The number of nitrogens with two attached hydrogens (primary N) is 2. The van der Waals surface area contributed by atoms with Gasteiger partial charge in [0.25, 0.3) is 10.0 Å². The van der Waals surface area contributed by atoms with E-state index in [1.54, 1.807) is 23.5 Å². The lowest BCUT2D eigenvalue weighted by molar-refractivity contribution is 0.598. The smallest absolute Gasteiger partial charge is 0.285 e. The van der Waals surface area contributed by atoms with Crippen LogP contribution in [-0.4, -0.2) is 19.4 Å². The number of nitrogens with zero attached hydrogens (tertiary/aromatic N) is 3. The van der Waals surface area contributed by atoms with Gasteiger partial charge in [-0.3, -0.25) is 0 Å². The molecule has 1 aromatic carbocycles. The summed E-state index contributed by atoms with van der Waals surface area (Å²) in [7, 11) is -3.94. The van der Waals surface area contributed by atoms with Crippen LogP contribution in [0.5, 0.6) is 0 Å². The zero-order valence-electron chi connectivity index (χ0n) is 14.2. The van der Waals surface area contributed by atoms with Crippen LogP contribution in [0.4, 0.5) is 5.69 Å². The number of anilines is 1. The van der Waals surface area contributed by atoms with Crippen molar-refractivity contribution in [2.75, 3.05) is 5.32 Å². The van der Waals surface area contributed by atoms with Crippen LogP contribution in [0.25, 0.3) is 16.1 Å². The van der Waals surface area contributed by atoms with Gasteiger partial charge in [-0.1, -0.05) is 6.07 Å². The molecule has 0 bridgehead atoms. The fourth-order valence-corrected chi connectivity index (χ4v) is 4.56. The Morgan fingerprint density at radius 1 is 1.21 bits per heavy atom. The molecule has 0 aliphatic heterocycles. The predicted molar refractivity (Wildman–Crippen MR) is 112 cm³/mol. The molecule has 8 nitrogen and oxygen atoms in total. The molecule has 5 N–H and O–H groups in total. The van der Waals surface area contributed by atoms with Gasteiger partial charge >= 0.3 is 0 Å². The van der Waals surface area contributed by atoms with Crippen LogP contribution in [0.2, 0.25) is 0 Å². The molecule has 2 heterocycles. The molecular formula is C17H14N6O2S3. The third-order valence-corrected chi connectivity index (χ3v) is 6.48. The number of hydrogen-bond acceptors (Lipinski definition) is 7. The summed E-state index contributed by atoms with van der Waals surface area (Å²) in [5.41, 5.74) is 12.0. The number of thiophene rings is 1. The maximum absolute atomic E-state index is 11.9. The lowest BCUT2D eigenvalue weighted by atomic mass is 10.3. The molecule has 3 aromatic rings. The summed E-state index contributed by atoms with van der Waals surface area (Å²) < 4.78 is 27.1. The number of hydrogen-bond donors (Lipinski definition) is 3. The second-order valence-corrected chi connectivity index (χ2v) is 8.75. The first-order valence-corrected chi connectivity index (χ1v) is 10.9. The fourth-order valence-electron chi connectivity index (χ4n) is 2.15. The van der Waals surface area contributed by atoms with Crippen LogP contribution < -0.4 is 16.8 Å². The SMILES string of the molecule is N#C/C(=C\Nc1ccc(S(=O)(=O)N=C(N)N)cc1)c1nc(-c2cccs2)cs1. The van der Waals surface area contributed by atoms with Crippen LogP contribution in [0, 0.1) is 11.3 Å². The normalized spacial score (nSPS) is 11.6. The van der Waals surface area contributed by atoms with Crippen molar-refractivity contribution >= 4 is 49.9 Å². The zero-order valence-corrected chi connectivity index (χ0v) is 16.7. The molecule has 0 atom stereocenters. The fraction of sp³-hybridized carbons (Fsp3) is 0. The quantitative estimate of drug-likeness (QED) is 0.309. The van der Waals surface area contributed by atoms with Gasteiger partial charge in [0.05, 0.1) is 15.5 Å². The number of aromatic nitrogens is 1. The number of nitriles is 1. The van der Waals surface area contributed by atoms with Gasteiger partial charge in [-0.15, -0.1) is 27.1 Å². The minimum absolute atomic E-state index is 0.0450. The molecule has 0 aliphatic rings. The molecule has 0 unspecified atom stereocenters. The Kier molecular flexibility index (Phi) is 5.74. The molecule has 11 heteroatoms. The molecule has 3 rings (SSSR count). The van der Waals surface area contributed by atoms with Crippen molar-refractivity contribution in [2.45, 2.75) is 4.90 Å². The molecule has 142 valence electrons. The first kappa shape index (κ1) is 19.6. The topological polar surface area (TPSA) is 147 Å². The van der Waals surface area contributed by atoms with E-state index in [1.807, 2.05) is 22.9 Å². The van der Waals surface area contributed by atoms with Gasteiger partial charge in [-0.2, -0.15) is 13.7 Å². The van der Waals surface area contributed by atoms with E-state index in [-0.39, 0.29) is 4.90 Å². The minimum atomic E-state index is -3.94. The van der Waals surface area contributed by atoms with E-state index in [0.29, 0.717) is 16.3 Å². The number of benzene rings is 1. The predicted octanol–water partition coefficient (Wildman–Crippen LogP) is 2.81. The number of guanidine groups is 1. The summed E-state index contributed by atoms with van der Waals surface area (Å²) in [5.74, 6) is -0.533. The van der Waals surface area contributed by atoms with Crippen molar-refractivity contribution in [1.29, 1.82) is 5.26 Å². The van der Waals surface area contributed by atoms with E-state index >= 15 is 0 Å². The Morgan fingerprint density at radius 3 is 2.57 bits per heavy atom. The summed E-state index contributed by atoms with van der Waals surface area (Å²) in [6.07, 6.45) is 1.52. The lowest BCUT2D eigenvalue weighted by Gasteiger charge is -2.03. The molecule has 0 spiro atoms. The van der Waals surface area contributed by atoms with Crippen LogP contribution in [-0.2, 0) is 10.0 Å². The van der Waals surface area contributed by atoms with E-state index in [1.165, 1.54) is 29.7 Å². The van der Waals surface area contributed by atoms with Crippen molar-refractivity contribution < 1.29 is 8.42 Å². The highest BCUT2D eigenvalue weighted by molar-refractivity contribution is 7.90. The molecule has 0 radical (unpaired) electrons. The number of rotatable bonds is 6. The Labute approximate surface area is 169 Å². The third-order valence-electron chi connectivity index (χ3n) is 3.39. The van der Waals surface area contributed by atoms with E-state index in [0.717, 1.165) is 10.6 Å². The van der Waals surface area contributed by atoms with Crippen LogP contribution in [0.3, 0.4) is 0 Å². The van der Waals surface area contributed by atoms with Gasteiger partial charge < -0.3 is 16.8 Å². The first-order valence-electron chi connectivity index (χ1n) is 7.71. The Balaban J connectivity index is 1.77. The number of nitrogens with one attached hydrogen (secondary N) is 1. The van der Waals surface area contributed by atoms with Crippen molar-refractivity contribution in [3.63, 3.8) is 0 Å². The number of thiazole rings is 1. The molecule has 2 aromatic heterocycles. The van der Waals surface area contributed by atoms with E-state index < -0.39 is 16.0 Å². The first-order chi connectivity index (χ1) is 13.4. The second kappa shape index (κ2) is 8.22. The summed E-state index contributed by atoms with van der Waals surface area (Å²) >= 11 is 2.95. The highest BCUT2D eigenvalue weighted by Crippen LogP contribution is 2.29. The van der Waals surface area contributed by atoms with Crippen molar-refractivity contribution in [3.05, 3.63) is 58.4 Å². The zero-order chi connectivity index (χ0) is 20.1. The number of allylic oxidation sites excluding steroid dienone is 1. The molecule has 0 saturated heterocycles. The maximum atomic E-state index is 11.9.